The number of hydrogen-bond donors (Lipinski definition) is 1. The summed E-state index contributed by atoms with van der Waals surface area (Å²) in [4.78, 5) is 11.1. The van der Waals surface area contributed by atoms with Crippen molar-refractivity contribution < 1.29 is 13.2 Å². The molecule has 5 heteroatoms. The highest BCUT2D eigenvalue weighted by Crippen LogP contribution is 2.12. The van der Waals surface area contributed by atoms with Crippen molar-refractivity contribution >= 4 is 15.9 Å². The van der Waals surface area contributed by atoms with Gasteiger partial charge in [-0.3, -0.25) is 9.52 Å². The van der Waals surface area contributed by atoms with Gasteiger partial charge in [-0.25, -0.2) is 8.42 Å². The van der Waals surface area contributed by atoms with E-state index in [0.29, 0.717) is 0 Å². The quantitative estimate of drug-likeness (QED) is 0.685. The Hall–Kier alpha value is -0.580. The van der Waals surface area contributed by atoms with Crippen LogP contribution in [-0.4, -0.2) is 20.1 Å². The zero-order chi connectivity index (χ0) is 9.99. The average Bonchev–Trinajstić information content (AvgIpc) is 1.85. The molecule has 1 radical (unpaired) electrons. The smallest absolute Gasteiger partial charge is 0.238 e. The summed E-state index contributed by atoms with van der Waals surface area (Å²) < 4.78 is 23.6. The standard InChI is InChI=1S/C7H14NO3S/c1-5-12(10,11)8-6(9)7(2,3)4/h1,5H2,2-4H3,(H,8,9). The van der Waals surface area contributed by atoms with Crippen LogP contribution in [0.2, 0.25) is 0 Å². The maximum atomic E-state index is 11.1. The molecular weight excluding hydrogens is 178 g/mol. The highest BCUT2D eigenvalue weighted by molar-refractivity contribution is 7.90. The van der Waals surface area contributed by atoms with Gasteiger partial charge in [0, 0.05) is 5.41 Å². The summed E-state index contributed by atoms with van der Waals surface area (Å²) in [6.07, 6.45) is 0. The van der Waals surface area contributed by atoms with Gasteiger partial charge in [-0.2, -0.15) is 0 Å². The van der Waals surface area contributed by atoms with E-state index in [1.807, 2.05) is 4.72 Å². The Bertz CT molecular complexity index is 261. The molecule has 0 aromatic carbocycles. The number of rotatable bonds is 2. The first kappa shape index (κ1) is 11.4. The highest BCUT2D eigenvalue weighted by atomic mass is 32.2. The second-order valence-electron chi connectivity index (χ2n) is 3.50. The number of nitrogens with one attached hydrogen (secondary N) is 1. The van der Waals surface area contributed by atoms with Crippen molar-refractivity contribution in [3.8, 4) is 0 Å². The fourth-order valence-corrected chi connectivity index (χ4v) is 1.04. The molecule has 0 aliphatic heterocycles. The lowest BCUT2D eigenvalue weighted by Crippen LogP contribution is -2.39. The normalized spacial score (nSPS) is 12.7. The Kier molecular flexibility index (Phi) is 3.26. The lowest BCUT2D eigenvalue weighted by atomic mass is 9.96. The van der Waals surface area contributed by atoms with E-state index in [1.54, 1.807) is 20.8 Å². The molecule has 0 aromatic rings. The Morgan fingerprint density at radius 1 is 1.42 bits per heavy atom. The zero-order valence-corrected chi connectivity index (χ0v) is 8.36. The summed E-state index contributed by atoms with van der Waals surface area (Å²) in [5, 5.41) is 0. The number of amides is 1. The lowest BCUT2D eigenvalue weighted by molar-refractivity contribution is -0.126. The van der Waals surface area contributed by atoms with Gasteiger partial charge < -0.3 is 0 Å². The lowest BCUT2D eigenvalue weighted by Gasteiger charge is -2.16. The zero-order valence-electron chi connectivity index (χ0n) is 7.55. The summed E-state index contributed by atoms with van der Waals surface area (Å²) in [5.74, 6) is -0.833. The molecule has 0 aliphatic rings. The molecule has 0 fully saturated rings. The third-order valence-electron chi connectivity index (χ3n) is 1.20. The van der Waals surface area contributed by atoms with E-state index in [2.05, 4.69) is 6.92 Å². The van der Waals surface area contributed by atoms with Gasteiger partial charge in [0.15, 0.2) is 0 Å². The van der Waals surface area contributed by atoms with Crippen LogP contribution in [0.1, 0.15) is 20.8 Å². The molecular formula is C7H14NO3S. The van der Waals surface area contributed by atoms with Gasteiger partial charge in [-0.15, -0.1) is 0 Å². The number of carbonyl (C=O) groups excluding carboxylic acids is 1. The van der Waals surface area contributed by atoms with Gasteiger partial charge in [-0.05, 0) is 6.92 Å². The van der Waals surface area contributed by atoms with E-state index in [-0.39, 0.29) is 5.75 Å². The third-order valence-corrected chi connectivity index (χ3v) is 2.23. The summed E-state index contributed by atoms with van der Waals surface area (Å²) in [6.45, 7) is 8.11. The molecule has 0 saturated heterocycles. The van der Waals surface area contributed by atoms with Crippen LogP contribution in [0.4, 0.5) is 0 Å². The van der Waals surface area contributed by atoms with Gasteiger partial charge in [-0.1, -0.05) is 20.8 Å². The number of carbonyl (C=O) groups is 1. The third kappa shape index (κ3) is 3.71. The predicted molar refractivity (Wildman–Crippen MR) is 46.7 cm³/mol. The van der Waals surface area contributed by atoms with Crippen molar-refractivity contribution in [2.45, 2.75) is 20.8 Å². The molecule has 0 saturated carbocycles. The Labute approximate surface area is 73.4 Å². The van der Waals surface area contributed by atoms with E-state index in [1.165, 1.54) is 0 Å². The van der Waals surface area contributed by atoms with Crippen LogP contribution in [0.3, 0.4) is 0 Å². The monoisotopic (exact) mass is 192 g/mol. The topological polar surface area (TPSA) is 63.2 Å². The van der Waals surface area contributed by atoms with Crippen molar-refractivity contribution in [1.29, 1.82) is 0 Å². The van der Waals surface area contributed by atoms with E-state index in [9.17, 15) is 13.2 Å². The molecule has 1 N–H and O–H groups in total. The maximum Gasteiger partial charge on any atom is 0.238 e. The van der Waals surface area contributed by atoms with Crippen LogP contribution in [0.15, 0.2) is 0 Å². The minimum absolute atomic E-state index is 0.325. The second-order valence-corrected chi connectivity index (χ2v) is 5.34. The Balaban J connectivity index is 4.42. The fourth-order valence-electron chi connectivity index (χ4n) is 0.345. The Morgan fingerprint density at radius 2 is 1.83 bits per heavy atom. The first-order chi connectivity index (χ1) is 5.19. The van der Waals surface area contributed by atoms with Crippen LogP contribution in [0, 0.1) is 12.3 Å². The van der Waals surface area contributed by atoms with E-state index >= 15 is 0 Å². The van der Waals surface area contributed by atoms with Gasteiger partial charge in [0.25, 0.3) is 0 Å². The minimum Gasteiger partial charge on any atom is -0.273 e. The van der Waals surface area contributed by atoms with Crippen LogP contribution in [0.25, 0.3) is 0 Å². The SMILES string of the molecule is [CH2]CS(=O)(=O)NC(=O)C(C)(C)C. The molecule has 0 spiro atoms. The van der Waals surface area contributed by atoms with Crippen molar-refractivity contribution in [2.75, 3.05) is 5.75 Å². The molecule has 4 nitrogen and oxygen atoms in total. The van der Waals surface area contributed by atoms with Gasteiger partial charge >= 0.3 is 0 Å². The van der Waals surface area contributed by atoms with E-state index in [4.69, 9.17) is 0 Å². The van der Waals surface area contributed by atoms with Gasteiger partial charge in [0.1, 0.15) is 0 Å². The van der Waals surface area contributed by atoms with Crippen molar-refractivity contribution in [3.05, 3.63) is 6.92 Å². The van der Waals surface area contributed by atoms with Gasteiger partial charge in [0.05, 0.1) is 5.75 Å². The van der Waals surface area contributed by atoms with Crippen LogP contribution >= 0.6 is 0 Å². The molecule has 1 amide bonds. The van der Waals surface area contributed by atoms with Crippen molar-refractivity contribution in [2.24, 2.45) is 5.41 Å². The fraction of sp³-hybridized carbons (Fsp3) is 0.714. The van der Waals surface area contributed by atoms with Crippen molar-refractivity contribution in [1.82, 2.24) is 4.72 Å². The summed E-state index contributed by atoms with van der Waals surface area (Å²) in [7, 11) is -3.51. The molecule has 0 heterocycles. The molecule has 0 atom stereocenters. The number of sulfonamides is 1. The first-order valence-corrected chi connectivity index (χ1v) is 5.18. The Morgan fingerprint density at radius 3 is 2.08 bits per heavy atom. The number of hydrogen-bond acceptors (Lipinski definition) is 3. The van der Waals surface area contributed by atoms with Gasteiger partial charge in [0.2, 0.25) is 15.9 Å². The maximum absolute atomic E-state index is 11.1. The molecule has 0 aliphatic carbocycles. The molecule has 12 heavy (non-hydrogen) atoms. The molecule has 0 aromatic heterocycles. The van der Waals surface area contributed by atoms with Crippen LogP contribution in [-0.2, 0) is 14.8 Å². The largest absolute Gasteiger partial charge is 0.273 e. The molecule has 71 valence electrons. The van der Waals surface area contributed by atoms with Crippen LogP contribution in [0.5, 0.6) is 0 Å². The average molecular weight is 192 g/mol. The summed E-state index contributed by atoms with van der Waals surface area (Å²) in [6, 6.07) is 0. The van der Waals surface area contributed by atoms with Crippen LogP contribution < -0.4 is 4.72 Å². The molecule has 0 rings (SSSR count). The highest BCUT2D eigenvalue weighted by Gasteiger charge is 2.24. The van der Waals surface area contributed by atoms with Crippen molar-refractivity contribution in [3.63, 3.8) is 0 Å². The second kappa shape index (κ2) is 3.43. The molecule has 0 unspecified atom stereocenters. The first-order valence-electron chi connectivity index (χ1n) is 3.53. The van der Waals surface area contributed by atoms with E-state index in [0.717, 1.165) is 0 Å². The molecule has 0 bridgehead atoms. The van der Waals surface area contributed by atoms with E-state index < -0.39 is 21.3 Å². The minimum atomic E-state index is -3.51. The summed E-state index contributed by atoms with van der Waals surface area (Å²) in [5.41, 5.74) is -0.692. The summed E-state index contributed by atoms with van der Waals surface area (Å²) >= 11 is 0. The predicted octanol–water partition coefficient (Wildman–Crippen LogP) is 0.313.